The number of halogens is 1. The van der Waals surface area contributed by atoms with Crippen molar-refractivity contribution in [3.8, 4) is 11.1 Å². The van der Waals surface area contributed by atoms with Gasteiger partial charge in [0.15, 0.2) is 0 Å². The molecule has 0 aromatic heterocycles. The van der Waals surface area contributed by atoms with Crippen molar-refractivity contribution in [1.82, 2.24) is 0 Å². The summed E-state index contributed by atoms with van der Waals surface area (Å²) in [5, 5.41) is 0. The van der Waals surface area contributed by atoms with Crippen molar-refractivity contribution in [2.75, 3.05) is 0 Å². The monoisotopic (exact) mass is 242 g/mol. The first kappa shape index (κ1) is 12.8. The van der Waals surface area contributed by atoms with Gasteiger partial charge in [0.1, 0.15) is 5.82 Å². The van der Waals surface area contributed by atoms with E-state index in [1.807, 2.05) is 12.1 Å². The summed E-state index contributed by atoms with van der Waals surface area (Å²) in [4.78, 5) is 0. The summed E-state index contributed by atoms with van der Waals surface area (Å²) >= 11 is 0. The lowest BCUT2D eigenvalue weighted by Gasteiger charge is -2.09. The Morgan fingerprint density at radius 3 is 2.39 bits per heavy atom. The molecule has 94 valence electrons. The molecule has 2 rings (SSSR count). The molecule has 0 saturated heterocycles. The fourth-order valence-electron chi connectivity index (χ4n) is 2.32. The van der Waals surface area contributed by atoms with Crippen LogP contribution in [0.3, 0.4) is 0 Å². The number of aryl methyl sites for hydroxylation is 3. The number of hydrogen-bond acceptors (Lipinski definition) is 0. The molecular weight excluding hydrogens is 223 g/mol. The van der Waals surface area contributed by atoms with Crippen LogP contribution in [0.4, 0.5) is 4.39 Å². The van der Waals surface area contributed by atoms with Gasteiger partial charge >= 0.3 is 0 Å². The fourth-order valence-corrected chi connectivity index (χ4v) is 2.32. The molecule has 2 aromatic rings. The Balaban J connectivity index is 2.42. The minimum Gasteiger partial charge on any atom is -0.207 e. The molecule has 0 bridgehead atoms. The molecule has 2 aromatic carbocycles. The van der Waals surface area contributed by atoms with Crippen LogP contribution in [0.15, 0.2) is 36.4 Å². The lowest BCUT2D eigenvalue weighted by atomic mass is 9.97. The van der Waals surface area contributed by atoms with Crippen molar-refractivity contribution >= 4 is 0 Å². The van der Waals surface area contributed by atoms with Crippen molar-refractivity contribution in [2.45, 2.75) is 33.6 Å². The van der Waals surface area contributed by atoms with Crippen LogP contribution in [0, 0.1) is 19.7 Å². The molecule has 0 atom stereocenters. The zero-order chi connectivity index (χ0) is 13.1. The lowest BCUT2D eigenvalue weighted by molar-refractivity contribution is 0.608. The molecule has 0 amide bonds. The van der Waals surface area contributed by atoms with Crippen LogP contribution < -0.4 is 0 Å². The molecule has 0 aliphatic carbocycles. The molecule has 0 unspecified atom stereocenters. The Hall–Kier alpha value is -1.63. The van der Waals surface area contributed by atoms with E-state index in [0.717, 1.165) is 29.5 Å². The average molecular weight is 242 g/mol. The Bertz CT molecular complexity index is 556. The van der Waals surface area contributed by atoms with Crippen molar-refractivity contribution < 1.29 is 4.39 Å². The normalized spacial score (nSPS) is 10.7. The number of hydrogen-bond donors (Lipinski definition) is 0. The maximum atomic E-state index is 13.9. The van der Waals surface area contributed by atoms with E-state index in [1.54, 1.807) is 6.07 Å². The first-order chi connectivity index (χ1) is 8.61. The van der Waals surface area contributed by atoms with Crippen LogP contribution >= 0.6 is 0 Å². The van der Waals surface area contributed by atoms with Crippen molar-refractivity contribution in [3.63, 3.8) is 0 Å². The first-order valence-corrected chi connectivity index (χ1v) is 6.48. The van der Waals surface area contributed by atoms with Gasteiger partial charge in [0, 0.05) is 0 Å². The van der Waals surface area contributed by atoms with E-state index in [2.05, 4.69) is 39.0 Å². The molecule has 0 fully saturated rings. The minimum absolute atomic E-state index is 0.0886. The van der Waals surface area contributed by atoms with E-state index in [9.17, 15) is 4.39 Å². The van der Waals surface area contributed by atoms with Crippen LogP contribution in [0.2, 0.25) is 0 Å². The van der Waals surface area contributed by atoms with Crippen molar-refractivity contribution in [1.29, 1.82) is 0 Å². The molecular formula is C17H19F. The largest absolute Gasteiger partial charge is 0.207 e. The van der Waals surface area contributed by atoms with E-state index >= 15 is 0 Å². The number of rotatable bonds is 3. The molecule has 0 aliphatic heterocycles. The van der Waals surface area contributed by atoms with Gasteiger partial charge in [0.25, 0.3) is 0 Å². The highest BCUT2D eigenvalue weighted by Gasteiger charge is 2.06. The molecule has 0 aliphatic rings. The van der Waals surface area contributed by atoms with Gasteiger partial charge in [-0.05, 0) is 48.6 Å². The molecule has 0 heterocycles. The summed E-state index contributed by atoms with van der Waals surface area (Å²) in [7, 11) is 0. The third-order valence-electron chi connectivity index (χ3n) is 3.27. The lowest BCUT2D eigenvalue weighted by Crippen LogP contribution is -1.92. The highest BCUT2D eigenvalue weighted by atomic mass is 19.1. The van der Waals surface area contributed by atoms with Crippen molar-refractivity contribution in [3.05, 3.63) is 58.9 Å². The van der Waals surface area contributed by atoms with Crippen LogP contribution in [-0.2, 0) is 6.42 Å². The molecule has 0 N–H and O–H groups in total. The Kier molecular flexibility index (Phi) is 3.81. The van der Waals surface area contributed by atoms with Gasteiger partial charge in [-0.1, -0.05) is 49.2 Å². The second-order valence-corrected chi connectivity index (χ2v) is 4.87. The summed E-state index contributed by atoms with van der Waals surface area (Å²) in [5.41, 5.74) is 5.32. The predicted molar refractivity (Wildman–Crippen MR) is 75.3 cm³/mol. The predicted octanol–water partition coefficient (Wildman–Crippen LogP) is 5.06. The minimum atomic E-state index is -0.0886. The Morgan fingerprint density at radius 1 is 1.00 bits per heavy atom. The van der Waals surface area contributed by atoms with Crippen LogP contribution in [0.5, 0.6) is 0 Å². The summed E-state index contributed by atoms with van der Waals surface area (Å²) < 4.78 is 13.9. The van der Waals surface area contributed by atoms with Gasteiger partial charge in [-0.3, -0.25) is 0 Å². The van der Waals surface area contributed by atoms with E-state index in [-0.39, 0.29) is 5.82 Å². The smallest absolute Gasteiger partial charge is 0.127 e. The molecule has 0 spiro atoms. The summed E-state index contributed by atoms with van der Waals surface area (Å²) in [6.45, 7) is 6.21. The Labute approximate surface area is 108 Å². The van der Waals surface area contributed by atoms with Crippen LogP contribution in [0.1, 0.15) is 30.0 Å². The van der Waals surface area contributed by atoms with Crippen molar-refractivity contribution in [2.24, 2.45) is 0 Å². The summed E-state index contributed by atoms with van der Waals surface area (Å²) in [6, 6.07) is 11.9. The van der Waals surface area contributed by atoms with Gasteiger partial charge in [-0.15, -0.1) is 0 Å². The number of benzene rings is 2. The zero-order valence-electron chi connectivity index (χ0n) is 11.3. The van der Waals surface area contributed by atoms with E-state index < -0.39 is 0 Å². The van der Waals surface area contributed by atoms with Gasteiger partial charge < -0.3 is 0 Å². The standard InChI is InChI=1S/C17H19F/c1-4-5-14-7-8-15(11-17(14)18)16-9-6-12(2)10-13(16)3/h6-11H,4-5H2,1-3H3. The maximum absolute atomic E-state index is 13.9. The molecule has 0 saturated carbocycles. The molecule has 0 nitrogen and oxygen atoms in total. The first-order valence-electron chi connectivity index (χ1n) is 6.48. The van der Waals surface area contributed by atoms with E-state index in [4.69, 9.17) is 0 Å². The fraction of sp³-hybridized carbons (Fsp3) is 0.294. The second-order valence-electron chi connectivity index (χ2n) is 4.87. The SMILES string of the molecule is CCCc1ccc(-c2ccc(C)cc2C)cc1F. The molecule has 18 heavy (non-hydrogen) atoms. The van der Waals surface area contributed by atoms with E-state index in [1.165, 1.54) is 11.1 Å². The highest BCUT2D eigenvalue weighted by Crippen LogP contribution is 2.26. The maximum Gasteiger partial charge on any atom is 0.127 e. The van der Waals surface area contributed by atoms with E-state index in [0.29, 0.717) is 0 Å². The van der Waals surface area contributed by atoms with Gasteiger partial charge in [0.05, 0.1) is 0 Å². The summed E-state index contributed by atoms with van der Waals surface area (Å²) in [6.07, 6.45) is 1.78. The molecule has 0 radical (unpaired) electrons. The molecule has 1 heteroatoms. The Morgan fingerprint density at radius 2 is 1.78 bits per heavy atom. The third kappa shape index (κ3) is 2.61. The topological polar surface area (TPSA) is 0 Å². The highest BCUT2D eigenvalue weighted by molar-refractivity contribution is 5.68. The average Bonchev–Trinajstić information content (AvgIpc) is 2.32. The quantitative estimate of drug-likeness (QED) is 0.705. The van der Waals surface area contributed by atoms with Gasteiger partial charge in [0.2, 0.25) is 0 Å². The summed E-state index contributed by atoms with van der Waals surface area (Å²) in [5.74, 6) is -0.0886. The third-order valence-corrected chi connectivity index (χ3v) is 3.27. The van der Waals surface area contributed by atoms with Crippen LogP contribution in [0.25, 0.3) is 11.1 Å². The van der Waals surface area contributed by atoms with Gasteiger partial charge in [-0.2, -0.15) is 0 Å². The van der Waals surface area contributed by atoms with Crippen LogP contribution in [-0.4, -0.2) is 0 Å². The second kappa shape index (κ2) is 5.34. The zero-order valence-corrected chi connectivity index (χ0v) is 11.3. The van der Waals surface area contributed by atoms with Gasteiger partial charge in [-0.25, -0.2) is 4.39 Å².